The zero-order valence-corrected chi connectivity index (χ0v) is 17.9. The van der Waals surface area contributed by atoms with Crippen molar-refractivity contribution in [1.82, 2.24) is 0 Å². The van der Waals surface area contributed by atoms with E-state index in [-0.39, 0.29) is 0 Å². The van der Waals surface area contributed by atoms with Gasteiger partial charge in [-0.05, 0) is 24.5 Å². The summed E-state index contributed by atoms with van der Waals surface area (Å²) in [5, 5.41) is 4.50. The molecule has 2 N–H and O–H groups in total. The molecule has 0 aliphatic rings. The Labute approximate surface area is 165 Å². The maximum atomic E-state index is 8.74. The van der Waals surface area contributed by atoms with Gasteiger partial charge in [0, 0.05) is 0 Å². The van der Waals surface area contributed by atoms with Gasteiger partial charge in [-0.3, -0.25) is 9.11 Å². The molecule has 0 saturated heterocycles. The van der Waals surface area contributed by atoms with Gasteiger partial charge in [0.25, 0.3) is 0 Å². The van der Waals surface area contributed by atoms with Crippen LogP contribution in [0.25, 0.3) is 0 Å². The van der Waals surface area contributed by atoms with Crippen LogP contribution in [0.5, 0.6) is 0 Å². The Balaban J connectivity index is 0. The Morgan fingerprint density at radius 1 is 0.741 bits per heavy atom. The maximum Gasteiger partial charge on any atom is 0.394 e. The largest absolute Gasteiger partial charge is 0.394 e. The highest BCUT2D eigenvalue weighted by molar-refractivity contribution is 7.79. The fraction of sp³-hybridized carbons (Fsp3) is 0.895. The molecule has 0 heterocycles. The fourth-order valence-corrected chi connectivity index (χ4v) is 2.50. The quantitative estimate of drug-likeness (QED) is 0.0904. The Morgan fingerprint density at radius 3 is 1.48 bits per heavy atom. The summed E-state index contributed by atoms with van der Waals surface area (Å²) in [6.07, 6.45) is 22.3. The molecule has 0 saturated carbocycles. The number of hydrogen-bond acceptors (Lipinski definition) is 5. The van der Waals surface area contributed by atoms with E-state index in [0.717, 1.165) is 6.42 Å². The molecular formula is C19H40O7S. The molecule has 0 aromatic rings. The minimum Gasteiger partial charge on any atom is -0.317 e. The van der Waals surface area contributed by atoms with Crippen LogP contribution < -0.4 is 0 Å². The van der Waals surface area contributed by atoms with Crippen molar-refractivity contribution in [2.75, 3.05) is 6.61 Å². The third kappa shape index (κ3) is 41.0. The lowest BCUT2D eigenvalue weighted by molar-refractivity contribution is -0.490. The van der Waals surface area contributed by atoms with Crippen LogP contribution in [0.1, 0.15) is 104 Å². The van der Waals surface area contributed by atoms with Crippen LogP contribution in [0, 0.1) is 0 Å². The molecule has 0 aromatic carbocycles. The van der Waals surface area contributed by atoms with Gasteiger partial charge in [-0.25, -0.2) is 0 Å². The molecule has 0 rings (SSSR count). The molecule has 0 bridgehead atoms. The highest BCUT2D eigenvalue weighted by atomic mass is 32.3. The SMILES string of the molecule is CC=COOOCCCCCCCCCCCCCCCC.O=S(=O)(O)O. The van der Waals surface area contributed by atoms with Gasteiger partial charge in [0.2, 0.25) is 0 Å². The Bertz CT molecular complexity index is 389. The molecule has 0 aromatic heterocycles. The smallest absolute Gasteiger partial charge is 0.317 e. The van der Waals surface area contributed by atoms with Crippen molar-refractivity contribution in [2.24, 2.45) is 0 Å². The van der Waals surface area contributed by atoms with Crippen LogP contribution in [0.2, 0.25) is 0 Å². The van der Waals surface area contributed by atoms with Crippen molar-refractivity contribution in [3.63, 3.8) is 0 Å². The summed E-state index contributed by atoms with van der Waals surface area (Å²) >= 11 is 0. The molecule has 0 unspecified atom stereocenters. The zero-order chi connectivity index (χ0) is 20.6. The molecule has 7 nitrogen and oxygen atoms in total. The van der Waals surface area contributed by atoms with Crippen LogP contribution in [0.4, 0.5) is 0 Å². The number of unbranched alkanes of at least 4 members (excludes halogenated alkanes) is 13. The maximum absolute atomic E-state index is 8.74. The first-order valence-corrected chi connectivity index (χ1v) is 11.6. The van der Waals surface area contributed by atoms with E-state index in [1.54, 1.807) is 6.08 Å². The lowest BCUT2D eigenvalue weighted by atomic mass is 10.0. The van der Waals surface area contributed by atoms with E-state index in [9.17, 15) is 0 Å². The first-order chi connectivity index (χ1) is 12.9. The number of allylic oxidation sites excluding steroid dienone is 1. The third-order valence-corrected chi connectivity index (χ3v) is 3.86. The zero-order valence-electron chi connectivity index (χ0n) is 17.1. The third-order valence-electron chi connectivity index (χ3n) is 3.86. The molecule has 0 aliphatic carbocycles. The second-order valence-electron chi connectivity index (χ2n) is 6.50. The summed E-state index contributed by atoms with van der Waals surface area (Å²) in [5.41, 5.74) is 0. The monoisotopic (exact) mass is 412 g/mol. The van der Waals surface area contributed by atoms with Crippen molar-refractivity contribution in [3.8, 4) is 0 Å². The predicted octanol–water partition coefficient (Wildman–Crippen LogP) is 6.23. The summed E-state index contributed by atoms with van der Waals surface area (Å²) in [6, 6.07) is 0. The van der Waals surface area contributed by atoms with E-state index >= 15 is 0 Å². The highest BCUT2D eigenvalue weighted by Gasteiger charge is 1.94. The molecule has 0 spiro atoms. The Kier molecular flexibility index (Phi) is 24.7. The minimum absolute atomic E-state index is 0.607. The van der Waals surface area contributed by atoms with Crippen LogP contribution in [-0.2, 0) is 25.2 Å². The van der Waals surface area contributed by atoms with Gasteiger partial charge in [-0.15, -0.1) is 0 Å². The number of hydrogen-bond donors (Lipinski definition) is 2. The predicted molar refractivity (Wildman–Crippen MR) is 107 cm³/mol. The summed E-state index contributed by atoms with van der Waals surface area (Å²) in [6.45, 7) is 4.74. The first kappa shape index (κ1) is 28.5. The van der Waals surface area contributed by atoms with Gasteiger partial charge >= 0.3 is 10.4 Å². The van der Waals surface area contributed by atoms with Crippen molar-refractivity contribution >= 4 is 10.4 Å². The standard InChI is InChI=1S/C19H38O3.H2O4S/c1-3-5-6-7-8-9-10-11-12-13-14-15-16-17-19-21-22-20-18-4-2;1-5(2,3)4/h4,18H,3,5-17,19H2,1-2H3;(H2,1,2,3,4). The minimum atomic E-state index is -4.67. The van der Waals surface area contributed by atoms with Gasteiger partial charge < -0.3 is 4.89 Å². The molecule has 0 radical (unpaired) electrons. The molecular weight excluding hydrogens is 372 g/mol. The first-order valence-electron chi connectivity index (χ1n) is 10.2. The Hall–Kier alpha value is -0.670. The second kappa shape index (κ2) is 23.4. The van der Waals surface area contributed by atoms with Gasteiger partial charge in [0.1, 0.15) is 6.26 Å². The van der Waals surface area contributed by atoms with Crippen molar-refractivity contribution in [1.29, 1.82) is 0 Å². The van der Waals surface area contributed by atoms with Crippen LogP contribution in [0.15, 0.2) is 12.3 Å². The molecule has 0 atom stereocenters. The Morgan fingerprint density at radius 2 is 1.11 bits per heavy atom. The van der Waals surface area contributed by atoms with Crippen molar-refractivity contribution in [2.45, 2.75) is 104 Å². The lowest BCUT2D eigenvalue weighted by Crippen LogP contribution is -1.95. The molecule has 0 fully saturated rings. The molecule has 0 aliphatic heterocycles. The van der Waals surface area contributed by atoms with Gasteiger partial charge in [0.15, 0.2) is 0 Å². The van der Waals surface area contributed by atoms with Crippen LogP contribution >= 0.6 is 0 Å². The lowest BCUT2D eigenvalue weighted by Gasteiger charge is -2.03. The summed E-state index contributed by atoms with van der Waals surface area (Å²) in [5.74, 6) is 0. The van der Waals surface area contributed by atoms with Gasteiger partial charge in [-0.2, -0.15) is 13.3 Å². The molecule has 0 amide bonds. The number of rotatable bonds is 18. The van der Waals surface area contributed by atoms with E-state index in [2.05, 4.69) is 16.8 Å². The van der Waals surface area contributed by atoms with Gasteiger partial charge in [-0.1, -0.05) is 90.4 Å². The summed E-state index contributed by atoms with van der Waals surface area (Å²) in [4.78, 5) is 9.47. The van der Waals surface area contributed by atoms with E-state index in [1.165, 1.54) is 89.7 Å². The normalized spacial score (nSPS) is 11.4. The summed E-state index contributed by atoms with van der Waals surface area (Å²) < 4.78 is 31.6. The topological polar surface area (TPSA) is 102 Å². The van der Waals surface area contributed by atoms with Crippen molar-refractivity contribution in [3.05, 3.63) is 12.3 Å². The van der Waals surface area contributed by atoms with E-state index in [0.29, 0.717) is 6.61 Å². The highest BCUT2D eigenvalue weighted by Crippen LogP contribution is 2.12. The van der Waals surface area contributed by atoms with E-state index < -0.39 is 10.4 Å². The molecule has 8 heteroatoms. The molecule has 27 heavy (non-hydrogen) atoms. The summed E-state index contributed by atoms with van der Waals surface area (Å²) in [7, 11) is -4.67. The fourth-order valence-electron chi connectivity index (χ4n) is 2.50. The van der Waals surface area contributed by atoms with Crippen LogP contribution in [0.3, 0.4) is 0 Å². The second-order valence-corrected chi connectivity index (χ2v) is 7.40. The van der Waals surface area contributed by atoms with Crippen molar-refractivity contribution < 1.29 is 32.3 Å². The average molecular weight is 413 g/mol. The van der Waals surface area contributed by atoms with Crippen LogP contribution in [-0.4, -0.2) is 24.1 Å². The van der Waals surface area contributed by atoms with E-state index in [1.807, 2.05) is 6.92 Å². The molecule has 164 valence electrons. The average Bonchev–Trinajstić information content (AvgIpc) is 2.59. The van der Waals surface area contributed by atoms with E-state index in [4.69, 9.17) is 22.4 Å². The van der Waals surface area contributed by atoms with Gasteiger partial charge in [0.05, 0.1) is 6.61 Å².